The Hall–Kier alpha value is -1.34. The topological polar surface area (TPSA) is 20.2 Å². The lowest BCUT2D eigenvalue weighted by atomic mass is 9.97. The molecule has 1 nitrogen and oxygen atoms in total. The predicted molar refractivity (Wildman–Crippen MR) is 87.0 cm³/mol. The maximum Gasteiger partial charge on any atom is 0.0580 e. The molecule has 2 aromatic carbocycles. The highest BCUT2D eigenvalue weighted by molar-refractivity contribution is 5.85. The van der Waals surface area contributed by atoms with Gasteiger partial charge in [-0.3, -0.25) is 0 Å². The Morgan fingerprint density at radius 3 is 2.50 bits per heavy atom. The molecule has 0 amide bonds. The first kappa shape index (κ1) is 15.1. The Bertz CT molecular complexity index is 513. The van der Waals surface area contributed by atoms with Crippen molar-refractivity contribution in [2.45, 2.75) is 58.0 Å². The Kier molecular flexibility index (Phi) is 6.07. The van der Waals surface area contributed by atoms with E-state index in [-0.39, 0.29) is 6.10 Å². The summed E-state index contributed by atoms with van der Waals surface area (Å²) in [6.07, 6.45) is 7.78. The first-order valence-corrected chi connectivity index (χ1v) is 7.96. The van der Waals surface area contributed by atoms with E-state index in [2.05, 4.69) is 49.4 Å². The van der Waals surface area contributed by atoms with Gasteiger partial charge in [-0.15, -0.1) is 0 Å². The number of hydrogen-bond acceptors (Lipinski definition) is 1. The number of unbranched alkanes of at least 4 members (excludes halogenated alkanes) is 4. The smallest absolute Gasteiger partial charge is 0.0580 e. The Labute approximate surface area is 122 Å². The Morgan fingerprint density at radius 2 is 1.65 bits per heavy atom. The molecule has 0 aliphatic heterocycles. The number of aliphatic hydroxyl groups is 1. The van der Waals surface area contributed by atoms with Crippen molar-refractivity contribution in [2.24, 2.45) is 0 Å². The van der Waals surface area contributed by atoms with E-state index in [1.807, 2.05) is 0 Å². The van der Waals surface area contributed by atoms with Crippen LogP contribution in [0.25, 0.3) is 10.8 Å². The summed E-state index contributed by atoms with van der Waals surface area (Å²) in [6, 6.07) is 14.8. The fraction of sp³-hybridized carbons (Fsp3) is 0.474. The molecule has 108 valence electrons. The molecule has 20 heavy (non-hydrogen) atoms. The molecule has 0 radical (unpaired) electrons. The lowest BCUT2D eigenvalue weighted by Crippen LogP contribution is -2.10. The van der Waals surface area contributed by atoms with Crippen LogP contribution in [0, 0.1) is 0 Å². The van der Waals surface area contributed by atoms with Crippen LogP contribution in [-0.4, -0.2) is 11.2 Å². The van der Waals surface area contributed by atoms with Gasteiger partial charge in [-0.25, -0.2) is 0 Å². The van der Waals surface area contributed by atoms with E-state index in [4.69, 9.17) is 0 Å². The summed E-state index contributed by atoms with van der Waals surface area (Å²) in [5.41, 5.74) is 1.27. The zero-order valence-corrected chi connectivity index (χ0v) is 12.5. The second-order valence-electron chi connectivity index (χ2n) is 5.70. The lowest BCUT2D eigenvalue weighted by molar-refractivity contribution is 0.161. The molecule has 0 saturated carbocycles. The predicted octanol–water partition coefficient (Wildman–Crippen LogP) is 5.10. The second kappa shape index (κ2) is 8.06. The fourth-order valence-corrected chi connectivity index (χ4v) is 2.81. The molecule has 0 aromatic heterocycles. The van der Waals surface area contributed by atoms with Crippen LogP contribution in [0.1, 0.15) is 51.0 Å². The second-order valence-corrected chi connectivity index (χ2v) is 5.70. The minimum atomic E-state index is -0.206. The molecule has 1 heteroatoms. The quantitative estimate of drug-likeness (QED) is 0.661. The van der Waals surface area contributed by atoms with Gasteiger partial charge in [-0.1, -0.05) is 81.5 Å². The van der Waals surface area contributed by atoms with Crippen LogP contribution in [0.3, 0.4) is 0 Å². The standard InChI is InChI=1S/C19H26O/c1-2-3-4-5-6-13-18(20)15-17-12-9-11-16-10-7-8-14-19(16)17/h7-12,14,18,20H,2-6,13,15H2,1H3. The van der Waals surface area contributed by atoms with Crippen molar-refractivity contribution in [1.29, 1.82) is 0 Å². The highest BCUT2D eigenvalue weighted by Crippen LogP contribution is 2.21. The average molecular weight is 270 g/mol. The SMILES string of the molecule is CCCCCCCC(O)Cc1cccc2ccccc12. The van der Waals surface area contributed by atoms with Gasteiger partial charge in [0.2, 0.25) is 0 Å². The fourth-order valence-electron chi connectivity index (χ4n) is 2.81. The van der Waals surface area contributed by atoms with E-state index < -0.39 is 0 Å². The van der Waals surface area contributed by atoms with E-state index in [1.165, 1.54) is 42.0 Å². The normalized spacial score (nSPS) is 12.7. The van der Waals surface area contributed by atoms with Gasteiger partial charge >= 0.3 is 0 Å². The molecule has 1 N–H and O–H groups in total. The minimum Gasteiger partial charge on any atom is -0.393 e. The lowest BCUT2D eigenvalue weighted by Gasteiger charge is -2.12. The number of hydrogen-bond donors (Lipinski definition) is 1. The maximum absolute atomic E-state index is 10.2. The Morgan fingerprint density at radius 1 is 0.900 bits per heavy atom. The number of benzene rings is 2. The van der Waals surface area contributed by atoms with Crippen molar-refractivity contribution in [2.75, 3.05) is 0 Å². The van der Waals surface area contributed by atoms with Crippen LogP contribution >= 0.6 is 0 Å². The zero-order chi connectivity index (χ0) is 14.2. The molecule has 0 aliphatic rings. The monoisotopic (exact) mass is 270 g/mol. The molecule has 1 atom stereocenters. The van der Waals surface area contributed by atoms with Crippen LogP contribution in [0.5, 0.6) is 0 Å². The molecule has 1 unspecified atom stereocenters. The van der Waals surface area contributed by atoms with Crippen LogP contribution in [-0.2, 0) is 6.42 Å². The van der Waals surface area contributed by atoms with Gasteiger partial charge in [0, 0.05) is 0 Å². The third-order valence-corrected chi connectivity index (χ3v) is 3.98. The summed E-state index contributed by atoms with van der Waals surface area (Å²) < 4.78 is 0. The molecule has 0 aliphatic carbocycles. The third kappa shape index (κ3) is 4.35. The number of aliphatic hydroxyl groups excluding tert-OH is 1. The van der Waals surface area contributed by atoms with Crippen LogP contribution in [0.4, 0.5) is 0 Å². The van der Waals surface area contributed by atoms with E-state index in [1.54, 1.807) is 0 Å². The van der Waals surface area contributed by atoms with Crippen molar-refractivity contribution < 1.29 is 5.11 Å². The molecule has 2 rings (SSSR count). The van der Waals surface area contributed by atoms with Gasteiger partial charge < -0.3 is 5.11 Å². The largest absolute Gasteiger partial charge is 0.393 e. The molecule has 0 heterocycles. The molecular weight excluding hydrogens is 244 g/mol. The first-order chi connectivity index (χ1) is 9.81. The third-order valence-electron chi connectivity index (χ3n) is 3.98. The summed E-state index contributed by atoms with van der Waals surface area (Å²) in [6.45, 7) is 2.23. The van der Waals surface area contributed by atoms with E-state index >= 15 is 0 Å². The molecule has 0 fully saturated rings. The average Bonchev–Trinajstić information content (AvgIpc) is 2.47. The van der Waals surface area contributed by atoms with Gasteiger partial charge in [0.1, 0.15) is 0 Å². The van der Waals surface area contributed by atoms with Crippen molar-refractivity contribution in [3.05, 3.63) is 48.0 Å². The summed E-state index contributed by atoms with van der Waals surface area (Å²) >= 11 is 0. The van der Waals surface area contributed by atoms with Crippen molar-refractivity contribution >= 4 is 10.8 Å². The van der Waals surface area contributed by atoms with Gasteiger partial charge in [0.25, 0.3) is 0 Å². The van der Waals surface area contributed by atoms with Gasteiger partial charge in [-0.2, -0.15) is 0 Å². The summed E-state index contributed by atoms with van der Waals surface area (Å²) in [7, 11) is 0. The van der Waals surface area contributed by atoms with Gasteiger partial charge in [0.05, 0.1) is 6.10 Å². The highest BCUT2D eigenvalue weighted by Gasteiger charge is 2.08. The van der Waals surface area contributed by atoms with E-state index in [0.29, 0.717) is 0 Å². The molecule has 0 saturated heterocycles. The van der Waals surface area contributed by atoms with Gasteiger partial charge in [0.15, 0.2) is 0 Å². The van der Waals surface area contributed by atoms with E-state index in [0.717, 1.165) is 19.3 Å². The molecule has 2 aromatic rings. The van der Waals surface area contributed by atoms with Crippen LogP contribution < -0.4 is 0 Å². The van der Waals surface area contributed by atoms with E-state index in [9.17, 15) is 5.11 Å². The number of fused-ring (bicyclic) bond motifs is 1. The summed E-state index contributed by atoms with van der Waals surface area (Å²) in [4.78, 5) is 0. The van der Waals surface area contributed by atoms with Crippen molar-refractivity contribution in [1.82, 2.24) is 0 Å². The zero-order valence-electron chi connectivity index (χ0n) is 12.5. The van der Waals surface area contributed by atoms with Crippen LogP contribution in [0.2, 0.25) is 0 Å². The van der Waals surface area contributed by atoms with Crippen LogP contribution in [0.15, 0.2) is 42.5 Å². The molecular formula is C19H26O. The van der Waals surface area contributed by atoms with Gasteiger partial charge in [-0.05, 0) is 29.2 Å². The number of rotatable bonds is 8. The molecule has 0 bridgehead atoms. The first-order valence-electron chi connectivity index (χ1n) is 7.96. The Balaban J connectivity index is 1.88. The minimum absolute atomic E-state index is 0.206. The van der Waals surface area contributed by atoms with Crippen molar-refractivity contribution in [3.63, 3.8) is 0 Å². The maximum atomic E-state index is 10.2. The summed E-state index contributed by atoms with van der Waals surface area (Å²) in [5.74, 6) is 0. The highest BCUT2D eigenvalue weighted by atomic mass is 16.3. The molecule has 0 spiro atoms. The summed E-state index contributed by atoms with van der Waals surface area (Å²) in [5, 5.41) is 12.8. The van der Waals surface area contributed by atoms with Crippen molar-refractivity contribution in [3.8, 4) is 0 Å².